The standard InChI is InChI=1S/C12H17BrO2/c1-2-3-4-7-11-8-5-6-9-12(11)10-14-15-13/h5-6,8-9H,2-4,7,10H2,1H3. The summed E-state index contributed by atoms with van der Waals surface area (Å²) in [6, 6.07) is 8.33. The van der Waals surface area contributed by atoms with E-state index in [1.54, 1.807) is 0 Å². The summed E-state index contributed by atoms with van der Waals surface area (Å²) in [6.07, 6.45) is 4.89. The molecule has 0 radical (unpaired) electrons. The molecule has 1 aromatic carbocycles. The Kier molecular flexibility index (Phi) is 6.64. The van der Waals surface area contributed by atoms with Crippen LogP contribution in [0.15, 0.2) is 24.3 Å². The molecule has 84 valence electrons. The average molecular weight is 273 g/mol. The van der Waals surface area contributed by atoms with Gasteiger partial charge in [0.1, 0.15) is 22.9 Å². The van der Waals surface area contributed by atoms with Crippen molar-refractivity contribution in [2.45, 2.75) is 39.2 Å². The predicted octanol–water partition coefficient (Wildman–Crippen LogP) is 4.18. The molecule has 0 aromatic heterocycles. The Labute approximate surface area is 100.0 Å². The number of rotatable bonds is 7. The maximum absolute atomic E-state index is 4.88. The molecule has 0 aliphatic heterocycles. The first kappa shape index (κ1) is 12.7. The molecule has 0 spiro atoms. The lowest BCUT2D eigenvalue weighted by molar-refractivity contribution is -0.192. The summed E-state index contributed by atoms with van der Waals surface area (Å²) in [7, 11) is 0. The summed E-state index contributed by atoms with van der Waals surface area (Å²) >= 11 is 2.77. The van der Waals surface area contributed by atoms with Gasteiger partial charge in [0.15, 0.2) is 0 Å². The summed E-state index contributed by atoms with van der Waals surface area (Å²) in [5, 5.41) is 0. The fraction of sp³-hybridized carbons (Fsp3) is 0.500. The van der Waals surface area contributed by atoms with E-state index in [9.17, 15) is 0 Å². The van der Waals surface area contributed by atoms with Gasteiger partial charge in [-0.05, 0) is 24.0 Å². The van der Waals surface area contributed by atoms with Crippen LogP contribution in [-0.2, 0) is 21.9 Å². The van der Waals surface area contributed by atoms with E-state index in [4.69, 9.17) is 4.89 Å². The van der Waals surface area contributed by atoms with Crippen molar-refractivity contribution in [1.29, 1.82) is 0 Å². The molecule has 0 saturated carbocycles. The minimum Gasteiger partial charge on any atom is -0.220 e. The van der Waals surface area contributed by atoms with E-state index in [1.807, 2.05) is 6.07 Å². The van der Waals surface area contributed by atoms with Crippen molar-refractivity contribution in [3.63, 3.8) is 0 Å². The number of hydrogen-bond acceptors (Lipinski definition) is 2. The van der Waals surface area contributed by atoms with Gasteiger partial charge in [-0.15, -0.1) is 0 Å². The first-order valence-corrected chi connectivity index (χ1v) is 6.00. The lowest BCUT2D eigenvalue weighted by atomic mass is 10.0. The molecule has 0 N–H and O–H groups in total. The van der Waals surface area contributed by atoms with Crippen LogP contribution in [0.25, 0.3) is 0 Å². The van der Waals surface area contributed by atoms with E-state index in [0.29, 0.717) is 6.61 Å². The Bertz CT molecular complexity index is 276. The molecule has 0 heterocycles. The molecular formula is C12H17BrO2. The van der Waals surface area contributed by atoms with Crippen molar-refractivity contribution in [2.24, 2.45) is 0 Å². The van der Waals surface area contributed by atoms with Gasteiger partial charge < -0.3 is 0 Å². The molecule has 0 unspecified atom stereocenters. The third-order valence-electron chi connectivity index (χ3n) is 2.43. The summed E-state index contributed by atoms with van der Waals surface area (Å²) in [4.78, 5) is 4.88. The largest absolute Gasteiger partial charge is 0.220 e. The van der Waals surface area contributed by atoms with Gasteiger partial charge >= 0.3 is 0 Å². The highest BCUT2D eigenvalue weighted by Gasteiger charge is 2.01. The zero-order valence-corrected chi connectivity index (χ0v) is 10.6. The van der Waals surface area contributed by atoms with Crippen LogP contribution in [0.4, 0.5) is 0 Å². The Balaban J connectivity index is 2.52. The van der Waals surface area contributed by atoms with E-state index in [0.717, 1.165) is 6.42 Å². The summed E-state index contributed by atoms with van der Waals surface area (Å²) in [5.41, 5.74) is 2.56. The Morgan fingerprint density at radius 1 is 1.13 bits per heavy atom. The molecule has 3 heteroatoms. The van der Waals surface area contributed by atoms with Gasteiger partial charge in [-0.3, -0.25) is 0 Å². The topological polar surface area (TPSA) is 18.5 Å². The third-order valence-corrected chi connectivity index (χ3v) is 2.61. The molecule has 0 saturated heterocycles. The van der Waals surface area contributed by atoms with Crippen molar-refractivity contribution in [3.05, 3.63) is 35.4 Å². The molecule has 0 amide bonds. The van der Waals surface area contributed by atoms with Crippen LogP contribution >= 0.6 is 16.3 Å². The Hall–Kier alpha value is -0.380. The molecule has 1 aromatic rings. The van der Waals surface area contributed by atoms with Crippen LogP contribution in [0.2, 0.25) is 0 Å². The monoisotopic (exact) mass is 272 g/mol. The molecule has 0 aliphatic carbocycles. The number of halogens is 1. The maximum atomic E-state index is 4.88. The second kappa shape index (κ2) is 7.85. The summed E-state index contributed by atoms with van der Waals surface area (Å²) in [6.45, 7) is 2.71. The van der Waals surface area contributed by atoms with E-state index in [2.05, 4.69) is 45.4 Å². The highest BCUT2D eigenvalue weighted by Crippen LogP contribution is 2.14. The molecule has 1 rings (SSSR count). The van der Waals surface area contributed by atoms with E-state index < -0.39 is 0 Å². The van der Waals surface area contributed by atoms with Gasteiger partial charge in [0.25, 0.3) is 0 Å². The Morgan fingerprint density at radius 3 is 2.53 bits per heavy atom. The zero-order valence-electron chi connectivity index (χ0n) is 9.04. The molecule has 0 atom stereocenters. The number of aryl methyl sites for hydroxylation is 1. The van der Waals surface area contributed by atoms with Gasteiger partial charge in [-0.25, -0.2) is 4.89 Å². The van der Waals surface area contributed by atoms with Crippen LogP contribution in [0.3, 0.4) is 0 Å². The van der Waals surface area contributed by atoms with Crippen LogP contribution in [0, 0.1) is 0 Å². The summed E-state index contributed by atoms with van der Waals surface area (Å²) < 4.78 is 4.44. The molecule has 15 heavy (non-hydrogen) atoms. The van der Waals surface area contributed by atoms with Gasteiger partial charge in [0.2, 0.25) is 0 Å². The number of unbranched alkanes of at least 4 members (excludes halogenated alkanes) is 2. The van der Waals surface area contributed by atoms with Crippen LogP contribution in [-0.4, -0.2) is 0 Å². The average Bonchev–Trinajstić information content (AvgIpc) is 2.28. The van der Waals surface area contributed by atoms with Gasteiger partial charge in [0.05, 0.1) is 0 Å². The van der Waals surface area contributed by atoms with Gasteiger partial charge in [-0.1, -0.05) is 44.0 Å². The van der Waals surface area contributed by atoms with Crippen LogP contribution in [0.1, 0.15) is 37.3 Å². The fourth-order valence-corrected chi connectivity index (χ4v) is 1.69. The molecule has 0 bridgehead atoms. The minimum atomic E-state index is 0.494. The molecule has 0 fully saturated rings. The lowest BCUT2D eigenvalue weighted by Crippen LogP contribution is -1.96. The van der Waals surface area contributed by atoms with Crippen molar-refractivity contribution in [2.75, 3.05) is 0 Å². The highest BCUT2D eigenvalue weighted by atomic mass is 79.9. The van der Waals surface area contributed by atoms with Crippen LogP contribution < -0.4 is 0 Å². The SMILES string of the molecule is CCCCCc1ccccc1COOBr. The third kappa shape index (κ3) is 4.78. The molecule has 0 aliphatic rings. The second-order valence-electron chi connectivity index (χ2n) is 3.55. The predicted molar refractivity (Wildman–Crippen MR) is 64.5 cm³/mol. The normalized spacial score (nSPS) is 10.5. The van der Waals surface area contributed by atoms with Crippen molar-refractivity contribution < 1.29 is 8.87 Å². The Morgan fingerprint density at radius 2 is 1.87 bits per heavy atom. The molecular weight excluding hydrogens is 256 g/mol. The number of hydrogen-bond donors (Lipinski definition) is 0. The minimum absolute atomic E-state index is 0.494. The molecule has 2 nitrogen and oxygen atoms in total. The highest BCUT2D eigenvalue weighted by molar-refractivity contribution is 9.05. The quantitative estimate of drug-likeness (QED) is 0.421. The van der Waals surface area contributed by atoms with E-state index in [-0.39, 0.29) is 0 Å². The lowest BCUT2D eigenvalue weighted by Gasteiger charge is -2.07. The van der Waals surface area contributed by atoms with E-state index >= 15 is 0 Å². The summed E-state index contributed by atoms with van der Waals surface area (Å²) in [5.74, 6) is 0. The maximum Gasteiger partial charge on any atom is 0.142 e. The second-order valence-corrected chi connectivity index (χ2v) is 3.82. The fourth-order valence-electron chi connectivity index (χ4n) is 1.59. The van der Waals surface area contributed by atoms with Crippen molar-refractivity contribution in [1.82, 2.24) is 0 Å². The zero-order chi connectivity index (χ0) is 10.9. The first-order valence-electron chi connectivity index (χ1n) is 5.35. The number of benzene rings is 1. The van der Waals surface area contributed by atoms with Crippen molar-refractivity contribution >= 4 is 16.3 Å². The smallest absolute Gasteiger partial charge is 0.142 e. The van der Waals surface area contributed by atoms with Gasteiger partial charge in [-0.2, -0.15) is 3.98 Å². The van der Waals surface area contributed by atoms with Crippen molar-refractivity contribution in [3.8, 4) is 0 Å². The first-order chi connectivity index (χ1) is 7.38. The van der Waals surface area contributed by atoms with Gasteiger partial charge in [0, 0.05) is 0 Å². The van der Waals surface area contributed by atoms with E-state index in [1.165, 1.54) is 30.4 Å². The van der Waals surface area contributed by atoms with Crippen LogP contribution in [0.5, 0.6) is 0 Å².